The number of likely N-dealkylation sites (N-methyl/N-ethyl adjacent to an activating group) is 1. The highest BCUT2D eigenvalue weighted by molar-refractivity contribution is 4.98. The minimum atomic E-state index is -0.346. The number of nitrogens with zero attached hydrogens (tertiary/aromatic N) is 1. The Morgan fingerprint density at radius 2 is 1.93 bits per heavy atom. The summed E-state index contributed by atoms with van der Waals surface area (Å²) in [7, 11) is 4.13. The van der Waals surface area contributed by atoms with E-state index in [9.17, 15) is 5.11 Å². The molecule has 0 heterocycles. The summed E-state index contributed by atoms with van der Waals surface area (Å²) in [5, 5.41) is 10.2. The Kier molecular flexibility index (Phi) is 5.03. The van der Waals surface area contributed by atoms with Crippen molar-refractivity contribution in [1.29, 1.82) is 0 Å². The van der Waals surface area contributed by atoms with Crippen LogP contribution in [0.5, 0.6) is 0 Å². The second kappa shape index (κ2) is 5.83. The summed E-state index contributed by atoms with van der Waals surface area (Å²) in [5.41, 5.74) is -0.0340. The first-order valence-corrected chi connectivity index (χ1v) is 6.06. The lowest BCUT2D eigenvalue weighted by Gasteiger charge is -2.40. The zero-order valence-electron chi connectivity index (χ0n) is 10.3. The van der Waals surface area contributed by atoms with Crippen LogP contribution in [-0.4, -0.2) is 49.0 Å². The molecule has 0 aromatic carbocycles. The lowest BCUT2D eigenvalue weighted by Crippen LogP contribution is -2.53. The molecule has 0 aliphatic heterocycles. The van der Waals surface area contributed by atoms with Crippen molar-refractivity contribution in [3.63, 3.8) is 0 Å². The fourth-order valence-corrected chi connectivity index (χ4v) is 2.56. The van der Waals surface area contributed by atoms with E-state index in [1.54, 1.807) is 0 Å². The third kappa shape index (κ3) is 2.92. The highest BCUT2D eigenvalue weighted by Gasteiger charge is 2.42. The van der Waals surface area contributed by atoms with Crippen LogP contribution < -0.4 is 0 Å². The molecule has 0 amide bonds. The first-order chi connectivity index (χ1) is 7.13. The van der Waals surface area contributed by atoms with Crippen LogP contribution in [0.4, 0.5) is 0 Å². The number of rotatable bonds is 6. The zero-order valence-corrected chi connectivity index (χ0v) is 10.3. The third-order valence-corrected chi connectivity index (χ3v) is 3.60. The van der Waals surface area contributed by atoms with Crippen LogP contribution in [0.3, 0.4) is 0 Å². The van der Waals surface area contributed by atoms with Crippen molar-refractivity contribution in [2.24, 2.45) is 0 Å². The van der Waals surface area contributed by atoms with Gasteiger partial charge in [-0.3, -0.25) is 0 Å². The second-order valence-electron chi connectivity index (χ2n) is 4.80. The SMILES string of the molecule is CCCOCC(O)C1(N(C)C)CCCC1. The topological polar surface area (TPSA) is 32.7 Å². The molecule has 90 valence electrons. The summed E-state index contributed by atoms with van der Waals surface area (Å²) >= 11 is 0. The molecule has 0 bridgehead atoms. The Hall–Kier alpha value is -0.120. The fourth-order valence-electron chi connectivity index (χ4n) is 2.56. The first kappa shape index (κ1) is 12.9. The van der Waals surface area contributed by atoms with Gasteiger partial charge in [-0.1, -0.05) is 19.8 Å². The van der Waals surface area contributed by atoms with Crippen LogP contribution in [-0.2, 0) is 4.74 Å². The molecule has 1 aliphatic rings. The van der Waals surface area contributed by atoms with E-state index in [1.807, 2.05) is 0 Å². The summed E-state index contributed by atoms with van der Waals surface area (Å²) in [6, 6.07) is 0. The number of hydrogen-bond acceptors (Lipinski definition) is 3. The predicted octanol–water partition coefficient (Wildman–Crippen LogP) is 1.65. The van der Waals surface area contributed by atoms with Crippen molar-refractivity contribution in [2.75, 3.05) is 27.3 Å². The Labute approximate surface area is 93.4 Å². The van der Waals surface area contributed by atoms with E-state index in [2.05, 4.69) is 25.9 Å². The quantitative estimate of drug-likeness (QED) is 0.684. The van der Waals surface area contributed by atoms with E-state index >= 15 is 0 Å². The normalized spacial score (nSPS) is 22.2. The molecule has 15 heavy (non-hydrogen) atoms. The van der Waals surface area contributed by atoms with Crippen LogP contribution in [0.25, 0.3) is 0 Å². The van der Waals surface area contributed by atoms with E-state index in [0.717, 1.165) is 25.9 Å². The molecule has 0 saturated heterocycles. The van der Waals surface area contributed by atoms with Gasteiger partial charge in [0.1, 0.15) is 0 Å². The van der Waals surface area contributed by atoms with Crippen molar-refractivity contribution in [3.05, 3.63) is 0 Å². The molecule has 1 N–H and O–H groups in total. The van der Waals surface area contributed by atoms with Crippen LogP contribution in [0.2, 0.25) is 0 Å². The molecule has 1 unspecified atom stereocenters. The van der Waals surface area contributed by atoms with Crippen molar-refractivity contribution in [1.82, 2.24) is 4.90 Å². The standard InChI is InChI=1S/C12H25NO2/c1-4-9-15-10-11(14)12(13(2)3)7-5-6-8-12/h11,14H,4-10H2,1-3H3. The molecule has 0 spiro atoms. The molecular weight excluding hydrogens is 190 g/mol. The van der Waals surface area contributed by atoms with Crippen LogP contribution >= 0.6 is 0 Å². The summed E-state index contributed by atoms with van der Waals surface area (Å²) in [6.07, 6.45) is 5.31. The molecule has 1 atom stereocenters. The fraction of sp³-hybridized carbons (Fsp3) is 1.00. The van der Waals surface area contributed by atoms with Crippen molar-refractivity contribution >= 4 is 0 Å². The molecule has 1 fully saturated rings. The summed E-state index contributed by atoms with van der Waals surface area (Å²) in [5.74, 6) is 0. The van der Waals surface area contributed by atoms with Gasteiger partial charge in [0, 0.05) is 12.1 Å². The third-order valence-electron chi connectivity index (χ3n) is 3.60. The lowest BCUT2D eigenvalue weighted by molar-refractivity contribution is -0.0548. The van der Waals surface area contributed by atoms with Crippen LogP contribution in [0, 0.1) is 0 Å². The summed E-state index contributed by atoms with van der Waals surface area (Å²) < 4.78 is 5.46. The number of aliphatic hydroxyl groups is 1. The smallest absolute Gasteiger partial charge is 0.0956 e. The predicted molar refractivity (Wildman–Crippen MR) is 62.0 cm³/mol. The van der Waals surface area contributed by atoms with Gasteiger partial charge in [-0.2, -0.15) is 0 Å². The number of aliphatic hydroxyl groups excluding tert-OH is 1. The van der Waals surface area contributed by atoms with Crippen LogP contribution in [0.15, 0.2) is 0 Å². The van der Waals surface area contributed by atoms with Gasteiger partial charge < -0.3 is 14.7 Å². The minimum Gasteiger partial charge on any atom is -0.389 e. The highest BCUT2D eigenvalue weighted by Crippen LogP contribution is 2.36. The van der Waals surface area contributed by atoms with Gasteiger partial charge in [-0.05, 0) is 33.4 Å². The molecule has 0 radical (unpaired) electrons. The van der Waals surface area contributed by atoms with Crippen molar-refractivity contribution < 1.29 is 9.84 Å². The van der Waals surface area contributed by atoms with E-state index in [-0.39, 0.29) is 11.6 Å². The van der Waals surface area contributed by atoms with Gasteiger partial charge in [0.25, 0.3) is 0 Å². The van der Waals surface area contributed by atoms with E-state index in [1.165, 1.54) is 12.8 Å². The molecule has 3 heteroatoms. The minimum absolute atomic E-state index is 0.0340. The molecule has 0 aromatic rings. The largest absolute Gasteiger partial charge is 0.389 e. The van der Waals surface area contributed by atoms with E-state index in [0.29, 0.717) is 6.61 Å². The van der Waals surface area contributed by atoms with Gasteiger partial charge in [0.15, 0.2) is 0 Å². The average Bonchev–Trinajstić information content (AvgIpc) is 2.67. The molecule has 1 saturated carbocycles. The second-order valence-corrected chi connectivity index (χ2v) is 4.80. The average molecular weight is 215 g/mol. The maximum Gasteiger partial charge on any atom is 0.0956 e. The first-order valence-electron chi connectivity index (χ1n) is 6.06. The zero-order chi connectivity index (χ0) is 11.3. The van der Waals surface area contributed by atoms with Gasteiger partial charge in [0.2, 0.25) is 0 Å². The Balaban J connectivity index is 2.48. The number of hydrogen-bond donors (Lipinski definition) is 1. The summed E-state index contributed by atoms with van der Waals surface area (Å²) in [4.78, 5) is 2.18. The van der Waals surface area contributed by atoms with Gasteiger partial charge in [-0.25, -0.2) is 0 Å². The van der Waals surface area contributed by atoms with Gasteiger partial charge in [0.05, 0.1) is 12.7 Å². The Morgan fingerprint density at radius 1 is 1.33 bits per heavy atom. The Morgan fingerprint density at radius 3 is 2.40 bits per heavy atom. The molecule has 0 aromatic heterocycles. The van der Waals surface area contributed by atoms with E-state index in [4.69, 9.17) is 4.74 Å². The number of ether oxygens (including phenoxy) is 1. The van der Waals surface area contributed by atoms with Crippen molar-refractivity contribution in [2.45, 2.75) is 50.7 Å². The molecule has 1 aliphatic carbocycles. The molecule has 1 rings (SSSR count). The monoisotopic (exact) mass is 215 g/mol. The van der Waals surface area contributed by atoms with Crippen molar-refractivity contribution in [3.8, 4) is 0 Å². The molecule has 3 nitrogen and oxygen atoms in total. The van der Waals surface area contributed by atoms with Gasteiger partial charge in [-0.15, -0.1) is 0 Å². The maximum absolute atomic E-state index is 10.2. The lowest BCUT2D eigenvalue weighted by atomic mass is 9.89. The maximum atomic E-state index is 10.2. The van der Waals surface area contributed by atoms with Crippen LogP contribution in [0.1, 0.15) is 39.0 Å². The molecular formula is C12H25NO2. The van der Waals surface area contributed by atoms with E-state index < -0.39 is 0 Å². The highest BCUT2D eigenvalue weighted by atomic mass is 16.5. The summed E-state index contributed by atoms with van der Waals surface area (Å²) in [6.45, 7) is 3.32. The Bertz CT molecular complexity index is 176. The van der Waals surface area contributed by atoms with Gasteiger partial charge >= 0.3 is 0 Å².